The second-order valence-corrected chi connectivity index (χ2v) is 8.96. The molecule has 0 bridgehead atoms. The Kier molecular flexibility index (Phi) is 8.79. The summed E-state index contributed by atoms with van der Waals surface area (Å²) in [5.41, 5.74) is -0.183. The highest BCUT2D eigenvalue weighted by molar-refractivity contribution is 5.85. The van der Waals surface area contributed by atoms with Crippen molar-refractivity contribution in [2.24, 2.45) is 0 Å². The summed E-state index contributed by atoms with van der Waals surface area (Å²) in [4.78, 5) is 33.8. The zero-order valence-corrected chi connectivity index (χ0v) is 21.1. The Morgan fingerprint density at radius 2 is 1.86 bits per heavy atom. The van der Waals surface area contributed by atoms with Crippen molar-refractivity contribution in [2.75, 3.05) is 26.7 Å². The van der Waals surface area contributed by atoms with E-state index >= 15 is 0 Å². The zero-order chi connectivity index (χ0) is 25.2. The van der Waals surface area contributed by atoms with E-state index in [-0.39, 0.29) is 35.6 Å². The van der Waals surface area contributed by atoms with Gasteiger partial charge in [0.2, 0.25) is 5.91 Å². The van der Waals surface area contributed by atoms with E-state index in [9.17, 15) is 22.8 Å². The molecule has 1 aromatic carbocycles. The van der Waals surface area contributed by atoms with Crippen LogP contribution in [0.3, 0.4) is 0 Å². The molecule has 1 aliphatic heterocycles. The molecule has 1 saturated heterocycles. The molecular formula is C26H30ClF3N4O2. The van der Waals surface area contributed by atoms with Gasteiger partial charge in [-0.25, -0.2) is 4.98 Å². The van der Waals surface area contributed by atoms with Crippen molar-refractivity contribution < 1.29 is 18.0 Å². The molecule has 1 aliphatic rings. The van der Waals surface area contributed by atoms with Gasteiger partial charge in [-0.3, -0.25) is 14.2 Å². The Labute approximate surface area is 214 Å². The van der Waals surface area contributed by atoms with Crippen LogP contribution >= 0.6 is 12.4 Å². The molecule has 1 amide bonds. The first-order valence-corrected chi connectivity index (χ1v) is 11.8. The van der Waals surface area contributed by atoms with E-state index in [0.717, 1.165) is 38.1 Å². The molecule has 0 saturated carbocycles. The SMILES string of the molecule is CCC(=O)N(C)C1CCN(CCc2cc3cccnc3n(-c3cccc(C(F)(F)F)c3)c2=O)CC1.Cl. The van der Waals surface area contributed by atoms with Gasteiger partial charge in [-0.1, -0.05) is 13.0 Å². The maximum absolute atomic E-state index is 13.4. The first kappa shape index (κ1) is 27.7. The second kappa shape index (κ2) is 11.4. The topological polar surface area (TPSA) is 58.4 Å². The summed E-state index contributed by atoms with van der Waals surface area (Å²) in [6, 6.07) is 10.3. The number of halogens is 4. The molecule has 0 atom stereocenters. The predicted octanol–water partition coefficient (Wildman–Crippen LogP) is 4.70. The molecule has 36 heavy (non-hydrogen) atoms. The lowest BCUT2D eigenvalue weighted by atomic mass is 10.0. The van der Waals surface area contributed by atoms with Crippen LogP contribution in [0.1, 0.15) is 37.3 Å². The Morgan fingerprint density at radius 1 is 1.14 bits per heavy atom. The summed E-state index contributed by atoms with van der Waals surface area (Å²) in [5, 5.41) is 0.693. The van der Waals surface area contributed by atoms with E-state index in [2.05, 4.69) is 9.88 Å². The lowest BCUT2D eigenvalue weighted by Crippen LogP contribution is -2.46. The van der Waals surface area contributed by atoms with Crippen LogP contribution in [0, 0.1) is 0 Å². The molecule has 3 heterocycles. The summed E-state index contributed by atoms with van der Waals surface area (Å²) >= 11 is 0. The zero-order valence-electron chi connectivity index (χ0n) is 20.3. The lowest BCUT2D eigenvalue weighted by molar-refractivity contribution is -0.137. The van der Waals surface area contributed by atoms with Crippen molar-refractivity contribution in [3.8, 4) is 5.69 Å². The van der Waals surface area contributed by atoms with Gasteiger partial charge in [0.15, 0.2) is 0 Å². The molecule has 1 fully saturated rings. The Morgan fingerprint density at radius 3 is 2.53 bits per heavy atom. The average molecular weight is 523 g/mol. The molecule has 2 aromatic heterocycles. The number of pyridine rings is 2. The van der Waals surface area contributed by atoms with E-state index in [1.54, 1.807) is 18.2 Å². The summed E-state index contributed by atoms with van der Waals surface area (Å²) in [7, 11) is 1.85. The molecule has 0 N–H and O–H groups in total. The van der Waals surface area contributed by atoms with Crippen LogP contribution in [-0.4, -0.2) is 58.0 Å². The van der Waals surface area contributed by atoms with Gasteiger partial charge >= 0.3 is 6.18 Å². The van der Waals surface area contributed by atoms with Crippen molar-refractivity contribution >= 4 is 29.3 Å². The number of piperidine rings is 1. The van der Waals surface area contributed by atoms with Crippen LogP contribution < -0.4 is 5.56 Å². The van der Waals surface area contributed by atoms with Gasteiger partial charge < -0.3 is 9.80 Å². The van der Waals surface area contributed by atoms with Crippen LogP contribution in [0.2, 0.25) is 0 Å². The fraction of sp³-hybridized carbons (Fsp3) is 0.423. The second-order valence-electron chi connectivity index (χ2n) is 8.96. The number of fused-ring (bicyclic) bond motifs is 1. The minimum absolute atomic E-state index is 0. The molecule has 0 unspecified atom stereocenters. The Balaban J connectivity index is 0.00000361. The lowest BCUT2D eigenvalue weighted by Gasteiger charge is -2.36. The van der Waals surface area contributed by atoms with Crippen molar-refractivity contribution in [1.29, 1.82) is 0 Å². The fourth-order valence-corrected chi connectivity index (χ4v) is 4.70. The summed E-state index contributed by atoms with van der Waals surface area (Å²) in [6.07, 6.45) is -0.280. The number of alkyl halides is 3. The summed E-state index contributed by atoms with van der Waals surface area (Å²) in [6.45, 7) is 4.16. The van der Waals surface area contributed by atoms with Gasteiger partial charge in [-0.15, -0.1) is 12.4 Å². The number of aromatic nitrogens is 2. The molecule has 3 aromatic rings. The van der Waals surface area contributed by atoms with E-state index in [0.29, 0.717) is 36.0 Å². The number of hydrogen-bond acceptors (Lipinski definition) is 4. The van der Waals surface area contributed by atoms with Crippen molar-refractivity contribution in [2.45, 2.75) is 44.8 Å². The highest BCUT2D eigenvalue weighted by Crippen LogP contribution is 2.30. The molecule has 4 rings (SSSR count). The minimum atomic E-state index is -4.51. The van der Waals surface area contributed by atoms with Crippen molar-refractivity contribution in [3.63, 3.8) is 0 Å². The molecule has 10 heteroatoms. The Hall–Kier alpha value is -2.91. The van der Waals surface area contributed by atoms with Gasteiger partial charge in [0.05, 0.1) is 11.3 Å². The van der Waals surface area contributed by atoms with Gasteiger partial charge in [-0.05, 0) is 55.7 Å². The van der Waals surface area contributed by atoms with Crippen LogP contribution in [0.5, 0.6) is 0 Å². The number of likely N-dealkylation sites (tertiary alicyclic amines) is 1. The third-order valence-electron chi connectivity index (χ3n) is 6.77. The monoisotopic (exact) mass is 522 g/mol. The maximum atomic E-state index is 13.4. The Bertz CT molecular complexity index is 1270. The maximum Gasteiger partial charge on any atom is 0.416 e. The van der Waals surface area contributed by atoms with Gasteiger partial charge in [0, 0.05) is 56.3 Å². The van der Waals surface area contributed by atoms with Gasteiger partial charge in [0.25, 0.3) is 5.56 Å². The number of amides is 1. The van der Waals surface area contributed by atoms with E-state index in [1.165, 1.54) is 22.9 Å². The van der Waals surface area contributed by atoms with Crippen LogP contribution in [0.25, 0.3) is 16.7 Å². The molecule has 0 aliphatic carbocycles. The van der Waals surface area contributed by atoms with Crippen molar-refractivity contribution in [1.82, 2.24) is 19.4 Å². The predicted molar refractivity (Wildman–Crippen MR) is 136 cm³/mol. The number of hydrogen-bond donors (Lipinski definition) is 0. The van der Waals surface area contributed by atoms with Gasteiger partial charge in [-0.2, -0.15) is 13.2 Å². The molecule has 0 spiro atoms. The summed E-state index contributed by atoms with van der Waals surface area (Å²) in [5.74, 6) is 0.142. The van der Waals surface area contributed by atoms with E-state index in [1.807, 2.05) is 18.9 Å². The molecule has 194 valence electrons. The highest BCUT2D eigenvalue weighted by Gasteiger charge is 2.31. The third kappa shape index (κ3) is 5.90. The number of nitrogens with zero attached hydrogens (tertiary/aromatic N) is 4. The summed E-state index contributed by atoms with van der Waals surface area (Å²) < 4.78 is 41.2. The quantitative estimate of drug-likeness (QED) is 0.471. The number of rotatable bonds is 6. The van der Waals surface area contributed by atoms with Crippen LogP contribution in [0.4, 0.5) is 13.2 Å². The number of carbonyl (C=O) groups is 1. The first-order valence-electron chi connectivity index (χ1n) is 11.8. The van der Waals surface area contributed by atoms with E-state index in [4.69, 9.17) is 0 Å². The fourth-order valence-electron chi connectivity index (χ4n) is 4.70. The number of benzene rings is 1. The smallest absolute Gasteiger partial charge is 0.343 e. The largest absolute Gasteiger partial charge is 0.416 e. The normalized spacial score (nSPS) is 15.0. The first-order chi connectivity index (χ1) is 16.7. The van der Waals surface area contributed by atoms with Gasteiger partial charge in [0.1, 0.15) is 5.65 Å². The van der Waals surface area contributed by atoms with Crippen molar-refractivity contribution in [3.05, 3.63) is 70.1 Å². The number of carbonyl (C=O) groups excluding carboxylic acids is 1. The minimum Gasteiger partial charge on any atom is -0.343 e. The molecule has 0 radical (unpaired) electrons. The molecular weight excluding hydrogens is 493 g/mol. The van der Waals surface area contributed by atoms with Crippen LogP contribution in [-0.2, 0) is 17.4 Å². The van der Waals surface area contributed by atoms with Crippen LogP contribution in [0.15, 0.2) is 53.5 Å². The highest BCUT2D eigenvalue weighted by atomic mass is 35.5. The standard InChI is InChI=1S/C26H29F3N4O2.ClH/c1-3-23(34)31(2)21-10-14-32(15-11-21)13-9-19-16-18-6-5-12-30-24(18)33(25(19)35)22-8-4-7-20(17-22)26(27,28)29;/h4-8,12,16-17,21H,3,9-11,13-15H2,1-2H3;1H. The molecule has 6 nitrogen and oxygen atoms in total. The van der Waals surface area contributed by atoms with E-state index < -0.39 is 11.7 Å². The third-order valence-corrected chi connectivity index (χ3v) is 6.77. The average Bonchev–Trinajstić information content (AvgIpc) is 2.86.